The van der Waals surface area contributed by atoms with Gasteiger partial charge in [0.05, 0.1) is 0 Å². The fourth-order valence-corrected chi connectivity index (χ4v) is 3.11. The first-order valence-electron chi connectivity index (χ1n) is 10.7. The van der Waals surface area contributed by atoms with Crippen molar-refractivity contribution in [3.05, 3.63) is 0 Å². The number of carboxylic acid groups (broad SMARTS) is 2. The van der Waals surface area contributed by atoms with Gasteiger partial charge in [-0.05, 0) is 19.3 Å². The fourth-order valence-electron chi connectivity index (χ4n) is 3.11. The highest BCUT2D eigenvalue weighted by Crippen LogP contribution is 2.14. The van der Waals surface area contributed by atoms with Crippen molar-refractivity contribution in [2.45, 2.75) is 115 Å². The predicted molar refractivity (Wildman–Crippen MR) is 107 cm³/mol. The Bertz CT molecular complexity index is 411. The van der Waals surface area contributed by atoms with E-state index in [0.717, 1.165) is 38.5 Å². The lowest BCUT2D eigenvalue weighted by atomic mass is 10.0. The minimum absolute atomic E-state index is 0.120. The van der Waals surface area contributed by atoms with Crippen LogP contribution in [0.2, 0.25) is 0 Å². The summed E-state index contributed by atoms with van der Waals surface area (Å²) in [6.07, 6.45) is 16.2. The van der Waals surface area contributed by atoms with Crippen LogP contribution >= 0.6 is 0 Å². The summed E-state index contributed by atoms with van der Waals surface area (Å²) in [6.45, 7) is 0. The smallest absolute Gasteiger partial charge is 0.320 e. The van der Waals surface area contributed by atoms with Crippen LogP contribution in [-0.2, 0) is 14.4 Å². The molecule has 1 atom stereocenters. The molecule has 4 N–H and O–H groups in total. The molecule has 0 heterocycles. The third-order valence-corrected chi connectivity index (χ3v) is 4.90. The van der Waals surface area contributed by atoms with Crippen LogP contribution in [0.15, 0.2) is 0 Å². The van der Waals surface area contributed by atoms with Crippen LogP contribution in [0.5, 0.6) is 0 Å². The van der Waals surface area contributed by atoms with Crippen LogP contribution in [-0.4, -0.2) is 34.0 Å². The number of unbranched alkanes of at least 4 members (excludes halogenated alkanes) is 12. The molecular formula is C21H39NO5. The van der Waals surface area contributed by atoms with Gasteiger partial charge in [-0.15, -0.1) is 0 Å². The number of nitrogens with two attached hydrogens (primary N) is 1. The summed E-state index contributed by atoms with van der Waals surface area (Å²) in [4.78, 5) is 32.6. The molecule has 0 amide bonds. The normalized spacial score (nSPS) is 12.0. The average molecular weight is 386 g/mol. The molecule has 0 bridgehead atoms. The molecule has 0 unspecified atom stereocenters. The van der Waals surface area contributed by atoms with Crippen LogP contribution in [0.4, 0.5) is 0 Å². The summed E-state index contributed by atoms with van der Waals surface area (Å²) in [5.41, 5.74) is 5.38. The summed E-state index contributed by atoms with van der Waals surface area (Å²) in [5, 5.41) is 17.2. The Balaban J connectivity index is 3.21. The number of hydrogen-bond acceptors (Lipinski definition) is 4. The first kappa shape index (κ1) is 25.6. The third kappa shape index (κ3) is 19.1. The van der Waals surface area contributed by atoms with Crippen LogP contribution in [0.25, 0.3) is 0 Å². The molecule has 6 heteroatoms. The van der Waals surface area contributed by atoms with Gasteiger partial charge in [0, 0.05) is 19.3 Å². The van der Waals surface area contributed by atoms with E-state index in [-0.39, 0.29) is 18.6 Å². The minimum Gasteiger partial charge on any atom is -0.481 e. The van der Waals surface area contributed by atoms with Crippen LogP contribution < -0.4 is 5.73 Å². The molecule has 27 heavy (non-hydrogen) atoms. The van der Waals surface area contributed by atoms with Crippen molar-refractivity contribution in [3.8, 4) is 0 Å². The molecule has 0 radical (unpaired) electrons. The first-order valence-corrected chi connectivity index (χ1v) is 10.7. The second kappa shape index (κ2) is 18.0. The van der Waals surface area contributed by atoms with Crippen molar-refractivity contribution in [1.29, 1.82) is 0 Å². The van der Waals surface area contributed by atoms with Gasteiger partial charge >= 0.3 is 11.9 Å². The zero-order valence-electron chi connectivity index (χ0n) is 16.8. The molecule has 0 aliphatic heterocycles. The van der Waals surface area contributed by atoms with E-state index in [4.69, 9.17) is 15.9 Å². The summed E-state index contributed by atoms with van der Waals surface area (Å²) in [7, 11) is 0. The number of carbonyl (C=O) groups excluding carboxylic acids is 1. The molecule has 158 valence electrons. The van der Waals surface area contributed by atoms with Gasteiger partial charge in [0.25, 0.3) is 0 Å². The Labute approximate surface area is 163 Å². The van der Waals surface area contributed by atoms with Gasteiger partial charge < -0.3 is 15.9 Å². The van der Waals surface area contributed by atoms with Crippen molar-refractivity contribution in [2.24, 2.45) is 5.73 Å². The van der Waals surface area contributed by atoms with E-state index in [1.54, 1.807) is 0 Å². The quantitative estimate of drug-likeness (QED) is 0.262. The largest absolute Gasteiger partial charge is 0.481 e. The Hall–Kier alpha value is -1.43. The highest BCUT2D eigenvalue weighted by atomic mass is 16.4. The number of carboxylic acids is 2. The lowest BCUT2D eigenvalue weighted by Crippen LogP contribution is -2.30. The van der Waals surface area contributed by atoms with Gasteiger partial charge in [-0.3, -0.25) is 14.4 Å². The second-order valence-corrected chi connectivity index (χ2v) is 7.51. The van der Waals surface area contributed by atoms with Crippen molar-refractivity contribution in [2.75, 3.05) is 0 Å². The van der Waals surface area contributed by atoms with Crippen LogP contribution in [0.1, 0.15) is 109 Å². The standard InChI is InChI=1S/C21H39NO5/c22-19(21(26)27)17-16-18(23)14-12-10-8-6-4-2-1-3-5-7-9-11-13-15-20(24)25/h19H,1-17,22H2,(H,24,25)(H,26,27)/t19-/m0/s1. The van der Waals surface area contributed by atoms with Gasteiger partial charge in [0.2, 0.25) is 0 Å². The van der Waals surface area contributed by atoms with Gasteiger partial charge in [0.15, 0.2) is 0 Å². The number of carbonyl (C=O) groups is 3. The number of hydrogen-bond donors (Lipinski definition) is 3. The van der Waals surface area contributed by atoms with E-state index >= 15 is 0 Å². The molecule has 0 aromatic heterocycles. The number of aliphatic carboxylic acids is 2. The highest BCUT2D eigenvalue weighted by Gasteiger charge is 2.13. The molecule has 0 aliphatic rings. The number of Topliss-reactive ketones (excluding diaryl/α,β-unsaturated/α-hetero) is 1. The van der Waals surface area contributed by atoms with E-state index in [1.807, 2.05) is 0 Å². The number of ketones is 1. The lowest BCUT2D eigenvalue weighted by molar-refractivity contribution is -0.139. The average Bonchev–Trinajstić information content (AvgIpc) is 2.62. The van der Waals surface area contributed by atoms with Gasteiger partial charge in [-0.25, -0.2) is 0 Å². The summed E-state index contributed by atoms with van der Waals surface area (Å²) in [5.74, 6) is -1.62. The van der Waals surface area contributed by atoms with E-state index in [9.17, 15) is 14.4 Å². The first-order chi connectivity index (χ1) is 12.9. The molecule has 0 aliphatic carbocycles. The van der Waals surface area contributed by atoms with Crippen molar-refractivity contribution in [1.82, 2.24) is 0 Å². The monoisotopic (exact) mass is 385 g/mol. The molecule has 0 rings (SSSR count). The van der Waals surface area contributed by atoms with Crippen LogP contribution in [0, 0.1) is 0 Å². The molecule has 0 aromatic carbocycles. The Kier molecular flexibility index (Phi) is 17.0. The maximum atomic E-state index is 11.6. The van der Waals surface area contributed by atoms with Crippen LogP contribution in [0.3, 0.4) is 0 Å². The zero-order valence-corrected chi connectivity index (χ0v) is 16.8. The molecule has 0 saturated carbocycles. The SMILES string of the molecule is N[C@@H](CCC(=O)CCCCCCCCCCCCCCCC(=O)O)C(=O)O. The molecular weight excluding hydrogens is 346 g/mol. The Morgan fingerprint density at radius 3 is 1.33 bits per heavy atom. The molecule has 0 aromatic rings. The topological polar surface area (TPSA) is 118 Å². The van der Waals surface area contributed by atoms with E-state index in [1.165, 1.54) is 44.9 Å². The summed E-state index contributed by atoms with van der Waals surface area (Å²) < 4.78 is 0. The molecule has 0 spiro atoms. The zero-order chi connectivity index (χ0) is 20.3. The summed E-state index contributed by atoms with van der Waals surface area (Å²) in [6, 6.07) is -0.925. The molecule has 6 nitrogen and oxygen atoms in total. The number of rotatable bonds is 20. The Morgan fingerprint density at radius 2 is 0.963 bits per heavy atom. The maximum Gasteiger partial charge on any atom is 0.320 e. The highest BCUT2D eigenvalue weighted by molar-refractivity contribution is 5.80. The van der Waals surface area contributed by atoms with Gasteiger partial charge in [-0.2, -0.15) is 0 Å². The third-order valence-electron chi connectivity index (χ3n) is 4.90. The minimum atomic E-state index is -1.04. The van der Waals surface area contributed by atoms with E-state index in [0.29, 0.717) is 12.8 Å². The van der Waals surface area contributed by atoms with Crippen molar-refractivity contribution >= 4 is 17.7 Å². The van der Waals surface area contributed by atoms with Gasteiger partial charge in [0.1, 0.15) is 11.8 Å². The lowest BCUT2D eigenvalue weighted by Gasteiger charge is -2.05. The fraction of sp³-hybridized carbons (Fsp3) is 0.857. The molecule has 0 saturated heterocycles. The maximum absolute atomic E-state index is 11.6. The second-order valence-electron chi connectivity index (χ2n) is 7.51. The summed E-state index contributed by atoms with van der Waals surface area (Å²) >= 11 is 0. The Morgan fingerprint density at radius 1 is 0.593 bits per heavy atom. The predicted octanol–water partition coefficient (Wildman–Crippen LogP) is 4.68. The van der Waals surface area contributed by atoms with Gasteiger partial charge in [-0.1, -0.05) is 70.6 Å². The van der Waals surface area contributed by atoms with E-state index in [2.05, 4.69) is 0 Å². The van der Waals surface area contributed by atoms with E-state index < -0.39 is 18.0 Å². The van der Waals surface area contributed by atoms with Crippen molar-refractivity contribution in [3.63, 3.8) is 0 Å². The van der Waals surface area contributed by atoms with Crippen molar-refractivity contribution < 1.29 is 24.6 Å². The molecule has 0 fully saturated rings.